The highest BCUT2D eigenvalue weighted by Crippen LogP contribution is 2.22. The summed E-state index contributed by atoms with van der Waals surface area (Å²) in [5.41, 5.74) is 2.12. The molecule has 1 aromatic heterocycles. The number of rotatable bonds is 4. The van der Waals surface area contributed by atoms with Crippen LogP contribution >= 0.6 is 15.9 Å². The molecule has 0 spiro atoms. The van der Waals surface area contributed by atoms with E-state index in [-0.39, 0.29) is 10.6 Å². The number of halogens is 1. The molecule has 0 saturated carbocycles. The molecule has 2 aromatic carbocycles. The Kier molecular flexibility index (Phi) is 4.37. The van der Waals surface area contributed by atoms with Gasteiger partial charge < -0.3 is 4.42 Å². The van der Waals surface area contributed by atoms with Crippen molar-refractivity contribution < 1.29 is 12.8 Å². The molecule has 0 N–H and O–H groups in total. The third-order valence-electron chi connectivity index (χ3n) is 3.40. The standard InChI is InChI=1S/C17H14BrNO3S/c1-2-23(20,21)14-8-9-16-15(11-14)19-17(22-16)10-5-12-3-6-13(18)7-4-12/h3-11H,2H2,1H3. The van der Waals surface area contributed by atoms with E-state index in [4.69, 9.17) is 4.42 Å². The third-order valence-corrected chi connectivity index (χ3v) is 5.66. The molecule has 0 aliphatic rings. The molecule has 0 unspecified atom stereocenters. The molecule has 3 aromatic rings. The smallest absolute Gasteiger partial charge is 0.220 e. The predicted octanol–water partition coefficient (Wildman–Crippen LogP) is 4.55. The second-order valence-corrected chi connectivity index (χ2v) is 8.16. The maximum Gasteiger partial charge on any atom is 0.220 e. The molecule has 118 valence electrons. The van der Waals surface area contributed by atoms with Crippen LogP contribution < -0.4 is 0 Å². The van der Waals surface area contributed by atoms with Crippen molar-refractivity contribution in [2.45, 2.75) is 11.8 Å². The van der Waals surface area contributed by atoms with Gasteiger partial charge in [0.2, 0.25) is 5.89 Å². The van der Waals surface area contributed by atoms with E-state index in [0.29, 0.717) is 17.0 Å². The van der Waals surface area contributed by atoms with E-state index in [2.05, 4.69) is 20.9 Å². The third kappa shape index (κ3) is 3.54. The van der Waals surface area contributed by atoms with Gasteiger partial charge in [0.25, 0.3) is 0 Å². The summed E-state index contributed by atoms with van der Waals surface area (Å²) in [5, 5.41) is 0. The number of hydrogen-bond donors (Lipinski definition) is 0. The molecule has 0 fully saturated rings. The highest BCUT2D eigenvalue weighted by Gasteiger charge is 2.13. The second kappa shape index (κ2) is 6.29. The van der Waals surface area contributed by atoms with Crippen molar-refractivity contribution in [2.75, 3.05) is 5.75 Å². The number of benzene rings is 2. The maximum absolute atomic E-state index is 11.9. The van der Waals surface area contributed by atoms with Gasteiger partial charge in [0.15, 0.2) is 15.4 Å². The summed E-state index contributed by atoms with van der Waals surface area (Å²) in [4.78, 5) is 4.59. The molecule has 4 nitrogen and oxygen atoms in total. The zero-order chi connectivity index (χ0) is 16.4. The van der Waals surface area contributed by atoms with Crippen molar-refractivity contribution in [1.82, 2.24) is 4.98 Å². The number of sulfone groups is 1. The lowest BCUT2D eigenvalue weighted by molar-refractivity contribution is 0.589. The highest BCUT2D eigenvalue weighted by molar-refractivity contribution is 9.10. The van der Waals surface area contributed by atoms with Crippen molar-refractivity contribution in [3.63, 3.8) is 0 Å². The predicted molar refractivity (Wildman–Crippen MR) is 94.8 cm³/mol. The van der Waals surface area contributed by atoms with Gasteiger partial charge in [-0.1, -0.05) is 35.0 Å². The Morgan fingerprint density at radius 3 is 2.57 bits per heavy atom. The fourth-order valence-corrected chi connectivity index (χ4v) is 3.26. The Hall–Kier alpha value is -1.92. The Balaban J connectivity index is 1.92. The SMILES string of the molecule is CCS(=O)(=O)c1ccc2oc(C=Cc3ccc(Br)cc3)nc2c1. The van der Waals surface area contributed by atoms with Crippen molar-refractivity contribution >= 4 is 49.0 Å². The highest BCUT2D eigenvalue weighted by atomic mass is 79.9. The van der Waals surface area contributed by atoms with Crippen molar-refractivity contribution in [3.05, 3.63) is 58.4 Å². The van der Waals surface area contributed by atoms with Gasteiger partial charge in [0, 0.05) is 10.5 Å². The summed E-state index contributed by atoms with van der Waals surface area (Å²) in [5.74, 6) is 0.501. The zero-order valence-corrected chi connectivity index (χ0v) is 14.8. The van der Waals surface area contributed by atoms with Crippen molar-refractivity contribution in [3.8, 4) is 0 Å². The average Bonchev–Trinajstić information content (AvgIpc) is 2.96. The largest absolute Gasteiger partial charge is 0.437 e. The van der Waals surface area contributed by atoms with E-state index in [1.807, 2.05) is 30.3 Å². The molecule has 0 atom stereocenters. The number of fused-ring (bicyclic) bond motifs is 1. The monoisotopic (exact) mass is 391 g/mol. The first-order valence-corrected chi connectivity index (χ1v) is 9.49. The van der Waals surface area contributed by atoms with Crippen molar-refractivity contribution in [2.24, 2.45) is 0 Å². The molecular formula is C17H14BrNO3S. The fourth-order valence-electron chi connectivity index (χ4n) is 2.10. The number of oxazole rings is 1. The van der Waals surface area contributed by atoms with Gasteiger partial charge in [-0.15, -0.1) is 0 Å². The topological polar surface area (TPSA) is 60.2 Å². The minimum atomic E-state index is -3.24. The van der Waals surface area contributed by atoms with E-state index in [0.717, 1.165) is 10.0 Å². The van der Waals surface area contributed by atoms with Crippen LogP contribution in [0.4, 0.5) is 0 Å². The molecule has 0 aliphatic heterocycles. The van der Waals surface area contributed by atoms with Gasteiger partial charge in [0.1, 0.15) is 5.52 Å². The summed E-state index contributed by atoms with van der Waals surface area (Å²) in [6.07, 6.45) is 3.65. The zero-order valence-electron chi connectivity index (χ0n) is 12.4. The first-order valence-electron chi connectivity index (χ1n) is 7.05. The number of aromatic nitrogens is 1. The first kappa shape index (κ1) is 16.0. The van der Waals surface area contributed by atoms with Gasteiger partial charge >= 0.3 is 0 Å². The van der Waals surface area contributed by atoms with E-state index in [1.54, 1.807) is 31.2 Å². The van der Waals surface area contributed by atoms with Crippen LogP contribution in [0.3, 0.4) is 0 Å². The molecular weight excluding hydrogens is 378 g/mol. The molecule has 3 rings (SSSR count). The summed E-state index contributed by atoms with van der Waals surface area (Å²) in [7, 11) is -3.24. The molecule has 0 bridgehead atoms. The molecule has 0 saturated heterocycles. The lowest BCUT2D eigenvalue weighted by Gasteiger charge is -1.99. The average molecular weight is 392 g/mol. The number of hydrogen-bond acceptors (Lipinski definition) is 4. The quantitative estimate of drug-likeness (QED) is 0.654. The maximum atomic E-state index is 11.9. The van der Waals surface area contributed by atoms with Crippen LogP contribution in [0.1, 0.15) is 18.4 Å². The lowest BCUT2D eigenvalue weighted by Crippen LogP contribution is -2.03. The van der Waals surface area contributed by atoms with Gasteiger partial charge in [0.05, 0.1) is 10.6 Å². The van der Waals surface area contributed by atoms with E-state index in [1.165, 1.54) is 0 Å². The minimum absolute atomic E-state index is 0.0622. The minimum Gasteiger partial charge on any atom is -0.437 e. The molecule has 23 heavy (non-hydrogen) atoms. The first-order chi connectivity index (χ1) is 11.0. The Bertz CT molecular complexity index is 973. The van der Waals surface area contributed by atoms with Crippen LogP contribution in [0.15, 0.2) is 56.2 Å². The summed E-state index contributed by atoms with van der Waals surface area (Å²) >= 11 is 3.39. The number of nitrogens with zero attached hydrogens (tertiary/aromatic N) is 1. The molecule has 6 heteroatoms. The van der Waals surface area contributed by atoms with Gasteiger partial charge in [-0.05, 0) is 42.0 Å². The molecule has 1 heterocycles. The van der Waals surface area contributed by atoms with Crippen LogP contribution in [0.2, 0.25) is 0 Å². The Morgan fingerprint density at radius 2 is 1.87 bits per heavy atom. The lowest BCUT2D eigenvalue weighted by atomic mass is 10.2. The van der Waals surface area contributed by atoms with Crippen LogP contribution in [-0.2, 0) is 9.84 Å². The Labute approximate surface area is 142 Å². The summed E-state index contributed by atoms with van der Waals surface area (Å²) in [6, 6.07) is 12.6. The van der Waals surface area contributed by atoms with E-state index >= 15 is 0 Å². The van der Waals surface area contributed by atoms with E-state index < -0.39 is 9.84 Å². The molecule has 0 amide bonds. The van der Waals surface area contributed by atoms with E-state index in [9.17, 15) is 8.42 Å². The summed E-state index contributed by atoms with van der Waals surface area (Å²) in [6.45, 7) is 1.62. The molecule has 0 aliphatic carbocycles. The fraction of sp³-hybridized carbons (Fsp3) is 0.118. The second-order valence-electron chi connectivity index (χ2n) is 4.97. The van der Waals surface area contributed by atoms with Crippen LogP contribution in [0, 0.1) is 0 Å². The van der Waals surface area contributed by atoms with Crippen LogP contribution in [-0.4, -0.2) is 19.2 Å². The molecule has 0 radical (unpaired) electrons. The van der Waals surface area contributed by atoms with Gasteiger partial charge in [-0.3, -0.25) is 0 Å². The van der Waals surface area contributed by atoms with Gasteiger partial charge in [-0.2, -0.15) is 0 Å². The van der Waals surface area contributed by atoms with Crippen LogP contribution in [0.5, 0.6) is 0 Å². The summed E-state index contributed by atoms with van der Waals surface area (Å²) < 4.78 is 30.5. The van der Waals surface area contributed by atoms with Crippen LogP contribution in [0.25, 0.3) is 23.3 Å². The normalized spacial score (nSPS) is 12.3. The van der Waals surface area contributed by atoms with Crippen molar-refractivity contribution in [1.29, 1.82) is 0 Å². The van der Waals surface area contributed by atoms with Gasteiger partial charge in [-0.25, -0.2) is 13.4 Å². The Morgan fingerprint density at radius 1 is 1.13 bits per heavy atom.